The molecule has 4 heteroatoms. The number of likely N-dealkylation sites (tertiary alicyclic amines) is 1. The Morgan fingerprint density at radius 3 is 2.82 bits per heavy atom. The monoisotopic (exact) mass is 296 g/mol. The maximum absolute atomic E-state index is 11.8. The molecule has 3 nitrogen and oxygen atoms in total. The van der Waals surface area contributed by atoms with E-state index in [0.717, 1.165) is 17.6 Å². The minimum absolute atomic E-state index is 0.00509. The Hall–Kier alpha value is -0.870. The topological polar surface area (TPSA) is 32.3 Å². The zero-order valence-electron chi connectivity index (χ0n) is 9.79. The van der Waals surface area contributed by atoms with Gasteiger partial charge >= 0.3 is 0 Å². The lowest BCUT2D eigenvalue weighted by molar-refractivity contribution is 0.0949. The summed E-state index contributed by atoms with van der Waals surface area (Å²) >= 11 is 3.36. The van der Waals surface area contributed by atoms with E-state index in [1.54, 1.807) is 0 Å². The maximum atomic E-state index is 11.8. The van der Waals surface area contributed by atoms with Gasteiger partial charge in [0.15, 0.2) is 0 Å². The van der Waals surface area contributed by atoms with Crippen LogP contribution in [0.1, 0.15) is 23.2 Å². The zero-order valence-corrected chi connectivity index (χ0v) is 11.4. The van der Waals surface area contributed by atoms with E-state index in [9.17, 15) is 4.79 Å². The molecule has 1 aliphatic rings. The van der Waals surface area contributed by atoms with E-state index in [-0.39, 0.29) is 5.91 Å². The van der Waals surface area contributed by atoms with Gasteiger partial charge in [-0.15, -0.1) is 0 Å². The van der Waals surface area contributed by atoms with Crippen LogP contribution in [0, 0.1) is 0 Å². The Bertz CT molecular complexity index is 389. The number of nitrogens with zero attached hydrogens (tertiary/aromatic N) is 1. The third kappa shape index (κ3) is 3.82. The van der Waals surface area contributed by atoms with Gasteiger partial charge in [-0.3, -0.25) is 4.79 Å². The molecule has 1 aromatic carbocycles. The number of nitrogens with one attached hydrogen (secondary N) is 1. The van der Waals surface area contributed by atoms with Crippen LogP contribution in [-0.2, 0) is 0 Å². The minimum Gasteiger partial charge on any atom is -0.351 e. The van der Waals surface area contributed by atoms with Gasteiger partial charge in [-0.25, -0.2) is 0 Å². The van der Waals surface area contributed by atoms with E-state index in [2.05, 4.69) is 26.1 Å². The predicted octanol–water partition coefficient (Wildman–Crippen LogP) is 2.27. The van der Waals surface area contributed by atoms with Gasteiger partial charge in [-0.1, -0.05) is 22.0 Å². The van der Waals surface area contributed by atoms with Crippen LogP contribution in [-0.4, -0.2) is 37.0 Å². The summed E-state index contributed by atoms with van der Waals surface area (Å²) in [5, 5.41) is 2.95. The van der Waals surface area contributed by atoms with E-state index in [1.807, 2.05) is 24.3 Å². The standard InChI is InChI=1S/C13H17BrN2O/c14-12-5-3-4-11(10-12)13(17)15-6-9-16-7-1-2-8-16/h3-5,10H,1-2,6-9H2,(H,15,17). The average Bonchev–Trinajstić information content (AvgIpc) is 2.82. The first-order chi connectivity index (χ1) is 8.25. The number of halogens is 1. The molecule has 0 aliphatic carbocycles. The summed E-state index contributed by atoms with van der Waals surface area (Å²) < 4.78 is 0.935. The van der Waals surface area contributed by atoms with Gasteiger partial charge < -0.3 is 10.2 Å². The number of amides is 1. The van der Waals surface area contributed by atoms with Gasteiger partial charge in [-0.2, -0.15) is 0 Å². The van der Waals surface area contributed by atoms with E-state index in [4.69, 9.17) is 0 Å². The molecule has 17 heavy (non-hydrogen) atoms. The fourth-order valence-electron chi connectivity index (χ4n) is 2.07. The fourth-order valence-corrected chi connectivity index (χ4v) is 2.46. The van der Waals surface area contributed by atoms with Gasteiger partial charge in [0, 0.05) is 23.1 Å². The lowest BCUT2D eigenvalue weighted by Crippen LogP contribution is -2.33. The number of rotatable bonds is 4. The predicted molar refractivity (Wildman–Crippen MR) is 72.1 cm³/mol. The van der Waals surface area contributed by atoms with Crippen molar-refractivity contribution in [3.05, 3.63) is 34.3 Å². The number of hydrogen-bond acceptors (Lipinski definition) is 2. The second-order valence-electron chi connectivity index (χ2n) is 4.31. The molecule has 1 heterocycles. The van der Waals surface area contributed by atoms with E-state index in [1.165, 1.54) is 25.9 Å². The van der Waals surface area contributed by atoms with Crippen molar-refractivity contribution in [2.24, 2.45) is 0 Å². The second kappa shape index (κ2) is 6.17. The molecule has 0 saturated carbocycles. The third-order valence-corrected chi connectivity index (χ3v) is 3.49. The van der Waals surface area contributed by atoms with Gasteiger partial charge in [0.05, 0.1) is 0 Å². The van der Waals surface area contributed by atoms with Crippen LogP contribution in [0.25, 0.3) is 0 Å². The Labute approximate surface area is 110 Å². The van der Waals surface area contributed by atoms with E-state index >= 15 is 0 Å². The highest BCUT2D eigenvalue weighted by Crippen LogP contribution is 2.11. The Morgan fingerprint density at radius 2 is 2.12 bits per heavy atom. The molecule has 92 valence electrons. The highest BCUT2D eigenvalue weighted by atomic mass is 79.9. The van der Waals surface area contributed by atoms with Gasteiger partial charge in [0.1, 0.15) is 0 Å². The number of carbonyl (C=O) groups excluding carboxylic acids is 1. The van der Waals surface area contributed by atoms with Crippen molar-refractivity contribution in [2.45, 2.75) is 12.8 Å². The van der Waals surface area contributed by atoms with Crippen molar-refractivity contribution < 1.29 is 4.79 Å². The van der Waals surface area contributed by atoms with Crippen molar-refractivity contribution in [3.63, 3.8) is 0 Å². The van der Waals surface area contributed by atoms with Gasteiger partial charge in [0.25, 0.3) is 5.91 Å². The Kier molecular flexibility index (Phi) is 4.57. The summed E-state index contributed by atoms with van der Waals surface area (Å²) in [6.45, 7) is 4.03. The van der Waals surface area contributed by atoms with Crippen LogP contribution < -0.4 is 5.32 Å². The number of carbonyl (C=O) groups is 1. The van der Waals surface area contributed by atoms with Crippen molar-refractivity contribution in [1.82, 2.24) is 10.2 Å². The lowest BCUT2D eigenvalue weighted by Gasteiger charge is -2.14. The van der Waals surface area contributed by atoms with Crippen molar-refractivity contribution >= 4 is 21.8 Å². The Morgan fingerprint density at radius 1 is 1.35 bits per heavy atom. The van der Waals surface area contributed by atoms with Crippen LogP contribution in [0.5, 0.6) is 0 Å². The SMILES string of the molecule is O=C(NCCN1CCCC1)c1cccc(Br)c1. The second-order valence-corrected chi connectivity index (χ2v) is 5.23. The molecule has 1 saturated heterocycles. The average molecular weight is 297 g/mol. The maximum Gasteiger partial charge on any atom is 0.251 e. The first kappa shape index (κ1) is 12.6. The van der Waals surface area contributed by atoms with Crippen LogP contribution >= 0.6 is 15.9 Å². The number of benzene rings is 1. The van der Waals surface area contributed by atoms with E-state index in [0.29, 0.717) is 5.56 Å². The van der Waals surface area contributed by atoms with Gasteiger partial charge in [0.2, 0.25) is 0 Å². The highest BCUT2D eigenvalue weighted by Gasteiger charge is 2.11. The first-order valence-corrected chi connectivity index (χ1v) is 6.81. The molecule has 1 aliphatic heterocycles. The largest absolute Gasteiger partial charge is 0.351 e. The normalized spacial score (nSPS) is 16.1. The molecule has 2 rings (SSSR count). The molecular weight excluding hydrogens is 280 g/mol. The summed E-state index contributed by atoms with van der Waals surface area (Å²) in [4.78, 5) is 14.2. The summed E-state index contributed by atoms with van der Waals surface area (Å²) in [6.07, 6.45) is 2.58. The molecular formula is C13H17BrN2O. The molecule has 0 unspecified atom stereocenters. The lowest BCUT2D eigenvalue weighted by atomic mass is 10.2. The summed E-state index contributed by atoms with van der Waals surface area (Å²) in [5.41, 5.74) is 0.709. The molecule has 0 atom stereocenters. The van der Waals surface area contributed by atoms with E-state index < -0.39 is 0 Å². The molecule has 0 spiro atoms. The molecule has 1 N–H and O–H groups in total. The third-order valence-electron chi connectivity index (χ3n) is 3.00. The summed E-state index contributed by atoms with van der Waals surface area (Å²) in [6, 6.07) is 7.46. The van der Waals surface area contributed by atoms with Gasteiger partial charge in [-0.05, 0) is 44.1 Å². The summed E-state index contributed by atoms with van der Waals surface area (Å²) in [5.74, 6) is 0.00509. The Balaban J connectivity index is 1.77. The molecule has 0 aromatic heterocycles. The summed E-state index contributed by atoms with van der Waals surface area (Å²) in [7, 11) is 0. The fraction of sp³-hybridized carbons (Fsp3) is 0.462. The van der Waals surface area contributed by atoms with Crippen LogP contribution in [0.4, 0.5) is 0 Å². The number of hydrogen-bond donors (Lipinski definition) is 1. The highest BCUT2D eigenvalue weighted by molar-refractivity contribution is 9.10. The quantitative estimate of drug-likeness (QED) is 0.924. The molecule has 0 radical (unpaired) electrons. The van der Waals surface area contributed by atoms with Crippen LogP contribution in [0.2, 0.25) is 0 Å². The van der Waals surface area contributed by atoms with Crippen molar-refractivity contribution in [1.29, 1.82) is 0 Å². The molecule has 1 fully saturated rings. The molecule has 1 aromatic rings. The zero-order chi connectivity index (χ0) is 12.1. The van der Waals surface area contributed by atoms with Crippen LogP contribution in [0.3, 0.4) is 0 Å². The van der Waals surface area contributed by atoms with Crippen LogP contribution in [0.15, 0.2) is 28.7 Å². The van der Waals surface area contributed by atoms with Crippen molar-refractivity contribution in [2.75, 3.05) is 26.2 Å². The van der Waals surface area contributed by atoms with Crippen molar-refractivity contribution in [3.8, 4) is 0 Å². The first-order valence-electron chi connectivity index (χ1n) is 6.02. The molecule has 1 amide bonds. The smallest absolute Gasteiger partial charge is 0.251 e. The molecule has 0 bridgehead atoms. The minimum atomic E-state index is 0.00509.